The zero-order chi connectivity index (χ0) is 9.84. The summed E-state index contributed by atoms with van der Waals surface area (Å²) >= 11 is 7.03. The van der Waals surface area contributed by atoms with Gasteiger partial charge in [-0.25, -0.2) is 14.8 Å². The lowest BCUT2D eigenvalue weighted by Gasteiger charge is -1.99. The molecule has 0 spiro atoms. The predicted octanol–water partition coefficient (Wildman–Crippen LogP) is 2.36. The Bertz CT molecular complexity index is 335. The second kappa shape index (κ2) is 6.06. The van der Waals surface area contributed by atoms with E-state index in [0.29, 0.717) is 5.16 Å². The van der Waals surface area contributed by atoms with Gasteiger partial charge < -0.3 is 5.11 Å². The first-order chi connectivity index (χ1) is 6.15. The molecule has 0 atom stereocenters. The zero-order valence-corrected chi connectivity index (χ0v) is 9.62. The minimum atomic E-state index is -1.11. The van der Waals surface area contributed by atoms with E-state index < -0.39 is 5.97 Å². The summed E-state index contributed by atoms with van der Waals surface area (Å²) in [5.41, 5.74) is -0.0675. The quantitative estimate of drug-likeness (QED) is 0.510. The van der Waals surface area contributed by atoms with Crippen molar-refractivity contribution in [3.63, 3.8) is 0 Å². The van der Waals surface area contributed by atoms with Crippen molar-refractivity contribution < 1.29 is 9.90 Å². The molecule has 0 bridgehead atoms. The normalized spacial score (nSPS) is 9.29. The summed E-state index contributed by atoms with van der Waals surface area (Å²) in [6.07, 6.45) is 1.22. The molecule has 0 aliphatic heterocycles. The molecule has 1 N–H and O–H groups in total. The van der Waals surface area contributed by atoms with Crippen molar-refractivity contribution in [1.29, 1.82) is 0 Å². The highest BCUT2D eigenvalue weighted by atomic mass is 35.5. The zero-order valence-electron chi connectivity index (χ0n) is 7.23. The van der Waals surface area contributed by atoms with E-state index in [4.69, 9.17) is 16.7 Å². The molecule has 0 saturated heterocycles. The highest BCUT2D eigenvalue weighted by Crippen LogP contribution is 2.17. The summed E-state index contributed by atoms with van der Waals surface area (Å²) in [6, 6.07) is 0. The minimum Gasteiger partial charge on any atom is -0.478 e. The number of aromatic carboxylic acids is 1. The summed E-state index contributed by atoms with van der Waals surface area (Å²) in [4.78, 5) is 18.2. The van der Waals surface area contributed by atoms with Gasteiger partial charge in [0.2, 0.25) is 0 Å². The molecule has 0 radical (unpaired) electrons. The third-order valence-corrected chi connectivity index (χ3v) is 2.26. The largest absolute Gasteiger partial charge is 0.478 e. The Hall–Kier alpha value is -0.520. The van der Waals surface area contributed by atoms with Crippen molar-refractivity contribution in [3.05, 3.63) is 16.9 Å². The van der Waals surface area contributed by atoms with Crippen molar-refractivity contribution in [2.75, 3.05) is 5.75 Å². The van der Waals surface area contributed by atoms with Gasteiger partial charge in [-0.2, -0.15) is 0 Å². The Kier molecular flexibility index (Phi) is 5.83. The first-order valence-corrected chi connectivity index (χ1v) is 4.90. The molecule has 0 unspecified atom stereocenters. The summed E-state index contributed by atoms with van der Waals surface area (Å²) in [7, 11) is 0. The van der Waals surface area contributed by atoms with E-state index in [1.807, 2.05) is 6.92 Å². The van der Waals surface area contributed by atoms with Crippen LogP contribution >= 0.6 is 35.8 Å². The number of carbonyl (C=O) groups is 1. The van der Waals surface area contributed by atoms with Crippen molar-refractivity contribution in [2.24, 2.45) is 0 Å². The predicted molar refractivity (Wildman–Crippen MR) is 57.6 cm³/mol. The van der Waals surface area contributed by atoms with Crippen LogP contribution in [-0.2, 0) is 0 Å². The van der Waals surface area contributed by atoms with Crippen LogP contribution in [0.25, 0.3) is 0 Å². The number of hydrogen-bond donors (Lipinski definition) is 1. The lowest BCUT2D eigenvalue weighted by molar-refractivity contribution is 0.0696. The van der Waals surface area contributed by atoms with Gasteiger partial charge in [0, 0.05) is 6.20 Å². The maximum atomic E-state index is 10.5. The van der Waals surface area contributed by atoms with Gasteiger partial charge in [-0.05, 0) is 5.75 Å². The molecule has 14 heavy (non-hydrogen) atoms. The number of rotatable bonds is 3. The number of nitrogens with zero attached hydrogens (tertiary/aromatic N) is 2. The van der Waals surface area contributed by atoms with E-state index in [2.05, 4.69) is 9.97 Å². The fourth-order valence-corrected chi connectivity index (χ4v) is 1.49. The molecule has 0 amide bonds. The van der Waals surface area contributed by atoms with Gasteiger partial charge in [-0.15, -0.1) is 12.4 Å². The number of carboxylic acids is 1. The smallest absolute Gasteiger partial charge is 0.340 e. The van der Waals surface area contributed by atoms with Gasteiger partial charge in [-0.1, -0.05) is 30.3 Å². The molecule has 7 heteroatoms. The van der Waals surface area contributed by atoms with Gasteiger partial charge in [0.25, 0.3) is 0 Å². The third kappa shape index (κ3) is 3.32. The van der Waals surface area contributed by atoms with Crippen LogP contribution in [0.4, 0.5) is 0 Å². The van der Waals surface area contributed by atoms with Crippen molar-refractivity contribution in [2.45, 2.75) is 12.1 Å². The molecule has 0 aliphatic rings. The second-order valence-electron chi connectivity index (χ2n) is 2.10. The van der Waals surface area contributed by atoms with Crippen LogP contribution in [-0.4, -0.2) is 26.8 Å². The second-order valence-corrected chi connectivity index (χ2v) is 3.68. The highest BCUT2D eigenvalue weighted by molar-refractivity contribution is 7.99. The van der Waals surface area contributed by atoms with Crippen LogP contribution in [0.5, 0.6) is 0 Å². The minimum absolute atomic E-state index is 0. The Labute approximate surface area is 96.5 Å². The number of halogens is 2. The molecule has 0 aromatic carbocycles. The highest BCUT2D eigenvalue weighted by Gasteiger charge is 2.11. The summed E-state index contributed by atoms with van der Waals surface area (Å²) in [5.74, 6) is -0.291. The summed E-state index contributed by atoms with van der Waals surface area (Å²) in [6.45, 7) is 1.95. The van der Waals surface area contributed by atoms with Gasteiger partial charge in [0.05, 0.1) is 0 Å². The van der Waals surface area contributed by atoms with Crippen LogP contribution < -0.4 is 0 Å². The lowest BCUT2D eigenvalue weighted by atomic mass is 10.3. The first-order valence-electron chi connectivity index (χ1n) is 3.53. The van der Waals surface area contributed by atoms with Gasteiger partial charge in [0.15, 0.2) is 5.16 Å². The molecule has 0 aliphatic carbocycles. The van der Waals surface area contributed by atoms with Crippen molar-refractivity contribution in [3.8, 4) is 0 Å². The average Bonchev–Trinajstić information content (AvgIpc) is 2.04. The van der Waals surface area contributed by atoms with Crippen LogP contribution in [0.2, 0.25) is 5.15 Å². The average molecular weight is 255 g/mol. The van der Waals surface area contributed by atoms with Crippen LogP contribution in [0, 0.1) is 0 Å². The fraction of sp³-hybridized carbons (Fsp3) is 0.286. The number of aromatic nitrogens is 2. The molecule has 1 heterocycles. The van der Waals surface area contributed by atoms with Crippen LogP contribution in [0.3, 0.4) is 0 Å². The Morgan fingerprint density at radius 2 is 2.36 bits per heavy atom. The number of hydrogen-bond acceptors (Lipinski definition) is 4. The van der Waals surface area contributed by atoms with E-state index >= 15 is 0 Å². The maximum absolute atomic E-state index is 10.5. The first kappa shape index (κ1) is 13.5. The molecule has 0 saturated carbocycles. The van der Waals surface area contributed by atoms with E-state index in [-0.39, 0.29) is 23.1 Å². The molecule has 1 rings (SSSR count). The summed E-state index contributed by atoms with van der Waals surface area (Å²) in [5, 5.41) is 9.10. The van der Waals surface area contributed by atoms with Gasteiger partial charge >= 0.3 is 5.97 Å². The third-order valence-electron chi connectivity index (χ3n) is 1.22. The van der Waals surface area contributed by atoms with Crippen LogP contribution in [0.15, 0.2) is 11.4 Å². The number of thioether (sulfide) groups is 1. The fourth-order valence-electron chi connectivity index (χ4n) is 0.688. The monoisotopic (exact) mass is 254 g/mol. The van der Waals surface area contributed by atoms with E-state index in [1.54, 1.807) is 0 Å². The molecule has 1 aromatic heterocycles. The molecule has 1 aromatic rings. The van der Waals surface area contributed by atoms with Crippen molar-refractivity contribution >= 4 is 41.7 Å². The molecule has 0 fully saturated rings. The Balaban J connectivity index is 0.00000169. The van der Waals surface area contributed by atoms with Crippen molar-refractivity contribution in [1.82, 2.24) is 9.97 Å². The molecule has 78 valence electrons. The standard InChI is InChI=1S/C7H7ClN2O2S.ClH/c1-2-13-7-9-3-4(6(11)12)5(8)10-7;/h3H,2H2,1H3,(H,11,12);1H. The van der Waals surface area contributed by atoms with Crippen LogP contribution in [0.1, 0.15) is 17.3 Å². The Morgan fingerprint density at radius 1 is 1.71 bits per heavy atom. The molecule has 4 nitrogen and oxygen atoms in total. The SMILES string of the molecule is CCSc1ncc(C(=O)O)c(Cl)n1.Cl. The molecular formula is C7H8Cl2N2O2S. The van der Waals surface area contributed by atoms with E-state index in [0.717, 1.165) is 5.75 Å². The summed E-state index contributed by atoms with van der Waals surface area (Å²) < 4.78 is 0. The van der Waals surface area contributed by atoms with Gasteiger partial charge in [-0.3, -0.25) is 0 Å². The topological polar surface area (TPSA) is 63.1 Å². The van der Waals surface area contributed by atoms with Gasteiger partial charge in [0.1, 0.15) is 10.7 Å². The van der Waals surface area contributed by atoms with E-state index in [1.165, 1.54) is 18.0 Å². The lowest BCUT2D eigenvalue weighted by Crippen LogP contribution is -2.01. The maximum Gasteiger partial charge on any atom is 0.340 e. The number of carboxylic acid groups (broad SMARTS) is 1. The molecular weight excluding hydrogens is 247 g/mol. The Morgan fingerprint density at radius 3 is 2.79 bits per heavy atom. The van der Waals surface area contributed by atoms with E-state index in [9.17, 15) is 4.79 Å².